The van der Waals surface area contributed by atoms with Gasteiger partial charge in [-0.1, -0.05) is 42.5 Å². The number of para-hydroxylation sites is 1. The van der Waals surface area contributed by atoms with Gasteiger partial charge in [0.1, 0.15) is 42.9 Å². The van der Waals surface area contributed by atoms with Crippen LogP contribution in [0.4, 0.5) is 5.69 Å². The lowest BCUT2D eigenvalue weighted by Gasteiger charge is -2.40. The van der Waals surface area contributed by atoms with Crippen molar-refractivity contribution in [3.63, 3.8) is 0 Å². The Labute approximate surface area is 303 Å². The summed E-state index contributed by atoms with van der Waals surface area (Å²) in [5.74, 6) is -3.63. The Morgan fingerprint density at radius 1 is 0.887 bits per heavy atom. The molecule has 10 unspecified atom stereocenters. The normalized spacial score (nSPS) is 32.4. The largest absolute Gasteiger partial charge is 0.504 e. The van der Waals surface area contributed by atoms with E-state index in [1.165, 1.54) is 12.1 Å². The molecule has 10 atom stereocenters. The number of fused-ring (bicyclic) bond motifs is 6. The van der Waals surface area contributed by atoms with Gasteiger partial charge in [0.05, 0.1) is 25.4 Å². The van der Waals surface area contributed by atoms with Crippen LogP contribution in [0.15, 0.2) is 54.6 Å². The molecule has 1 aliphatic carbocycles. The van der Waals surface area contributed by atoms with Crippen molar-refractivity contribution in [2.24, 2.45) is 11.7 Å². The van der Waals surface area contributed by atoms with Crippen LogP contribution in [-0.4, -0.2) is 119 Å². The zero-order chi connectivity index (χ0) is 37.1. The monoisotopic (exact) mass is 731 g/mol. The van der Waals surface area contributed by atoms with E-state index in [1.54, 1.807) is 18.2 Å². The lowest BCUT2D eigenvalue weighted by molar-refractivity contribution is -0.280. The first-order valence-electron chi connectivity index (χ1n) is 17.6. The number of nitrogens with two attached hydrogens (primary N) is 1. The summed E-state index contributed by atoms with van der Waals surface area (Å²) in [7, 11) is 0. The van der Waals surface area contributed by atoms with E-state index < -0.39 is 78.4 Å². The van der Waals surface area contributed by atoms with Gasteiger partial charge in [0.25, 0.3) is 0 Å². The number of hydrogen-bond acceptors (Lipinski definition) is 15. The van der Waals surface area contributed by atoms with Crippen LogP contribution in [0, 0.1) is 5.92 Å². The highest BCUT2D eigenvalue weighted by Gasteiger charge is 2.48. The van der Waals surface area contributed by atoms with Crippen LogP contribution in [-0.2, 0) is 14.3 Å². The number of ether oxygens (including phenoxy) is 3. The van der Waals surface area contributed by atoms with E-state index >= 15 is 0 Å². The van der Waals surface area contributed by atoms with Gasteiger partial charge in [-0.15, -0.1) is 0 Å². The van der Waals surface area contributed by atoms with Gasteiger partial charge in [-0.3, -0.25) is 30.8 Å². The number of carbonyl (C=O) groups excluding carboxylic acids is 3. The van der Waals surface area contributed by atoms with Crippen molar-refractivity contribution in [1.82, 2.24) is 16.0 Å². The fraction of sp³-hybridized carbons (Fsp3) is 0.432. The molecule has 3 saturated heterocycles. The Bertz CT molecular complexity index is 1940. The molecular formula is C37H41N5O11. The molecule has 0 radical (unpaired) electrons. The molecule has 53 heavy (non-hydrogen) atoms. The second-order valence-corrected chi connectivity index (χ2v) is 14.0. The van der Waals surface area contributed by atoms with Crippen LogP contribution in [0.5, 0.6) is 11.5 Å². The van der Waals surface area contributed by atoms with Crippen LogP contribution < -0.4 is 31.3 Å². The average molecular weight is 732 g/mol. The molecule has 0 saturated carbocycles. The van der Waals surface area contributed by atoms with E-state index in [2.05, 4.69) is 16.0 Å². The summed E-state index contributed by atoms with van der Waals surface area (Å²) in [5.41, 5.74) is 7.59. The highest BCUT2D eigenvalue weighted by atomic mass is 16.7. The van der Waals surface area contributed by atoms with Crippen LogP contribution in [0.2, 0.25) is 0 Å². The van der Waals surface area contributed by atoms with E-state index in [0.29, 0.717) is 24.1 Å². The van der Waals surface area contributed by atoms with Crippen molar-refractivity contribution >= 4 is 23.2 Å². The van der Waals surface area contributed by atoms with Crippen LogP contribution in [0.3, 0.4) is 0 Å². The Kier molecular flexibility index (Phi) is 9.42. The lowest BCUT2D eigenvalue weighted by atomic mass is 9.74. The van der Waals surface area contributed by atoms with Crippen molar-refractivity contribution in [1.29, 1.82) is 0 Å². The minimum absolute atomic E-state index is 0.0116. The summed E-state index contributed by atoms with van der Waals surface area (Å²) in [5, 5.41) is 64.0. The fourth-order valence-electron chi connectivity index (χ4n) is 8.30. The molecule has 280 valence electrons. The summed E-state index contributed by atoms with van der Waals surface area (Å²) in [6.07, 6.45) is -8.55. The molecule has 4 aliphatic heterocycles. The summed E-state index contributed by atoms with van der Waals surface area (Å²) >= 11 is 0. The number of phenolic OH excluding ortho intramolecular Hbond substituents is 1. The number of phenols is 1. The topological polar surface area (TPSA) is 245 Å². The third-order valence-corrected chi connectivity index (χ3v) is 10.9. The second-order valence-electron chi connectivity index (χ2n) is 14.0. The van der Waals surface area contributed by atoms with Crippen LogP contribution in [0.25, 0.3) is 0 Å². The molecule has 3 fully saturated rings. The predicted molar refractivity (Wildman–Crippen MR) is 185 cm³/mol. The number of benzene rings is 3. The van der Waals surface area contributed by atoms with Gasteiger partial charge in [0, 0.05) is 40.5 Å². The molecule has 16 nitrogen and oxygen atoms in total. The molecule has 8 rings (SSSR count). The van der Waals surface area contributed by atoms with E-state index in [-0.39, 0.29) is 66.0 Å². The van der Waals surface area contributed by atoms with E-state index in [4.69, 9.17) is 19.9 Å². The zero-order valence-electron chi connectivity index (χ0n) is 28.4. The molecule has 3 aromatic rings. The number of aliphatic hydroxyl groups excluding tert-OH is 4. The van der Waals surface area contributed by atoms with Gasteiger partial charge in [-0.25, -0.2) is 0 Å². The smallest absolute Gasteiger partial charge is 0.242 e. The van der Waals surface area contributed by atoms with Crippen molar-refractivity contribution in [2.45, 2.75) is 68.0 Å². The van der Waals surface area contributed by atoms with Crippen molar-refractivity contribution in [3.8, 4) is 11.5 Å². The maximum Gasteiger partial charge on any atom is 0.242 e. The van der Waals surface area contributed by atoms with E-state index in [9.17, 15) is 39.9 Å². The van der Waals surface area contributed by atoms with Gasteiger partial charge < -0.3 is 50.0 Å². The van der Waals surface area contributed by atoms with Crippen molar-refractivity contribution in [3.05, 3.63) is 88.0 Å². The lowest BCUT2D eigenvalue weighted by Crippen LogP contribution is -2.70. The van der Waals surface area contributed by atoms with Crippen molar-refractivity contribution < 1.29 is 54.1 Å². The summed E-state index contributed by atoms with van der Waals surface area (Å²) in [4.78, 5) is 43.0. The Hall–Kier alpha value is -4.49. The molecule has 5 aliphatic rings. The number of aliphatic hydroxyl groups is 4. The zero-order valence-corrected chi connectivity index (χ0v) is 28.4. The average Bonchev–Trinajstić information content (AvgIpc) is 3.57. The van der Waals surface area contributed by atoms with Gasteiger partial charge in [0.15, 0.2) is 23.1 Å². The van der Waals surface area contributed by atoms with Gasteiger partial charge >= 0.3 is 0 Å². The number of ketones is 2. The molecule has 16 heteroatoms. The number of amides is 1. The Balaban J connectivity index is 1.36. The Morgan fingerprint density at radius 3 is 2.40 bits per heavy atom. The minimum atomic E-state index is -1.79. The molecule has 10 N–H and O–H groups in total. The fourth-order valence-corrected chi connectivity index (χ4v) is 8.30. The van der Waals surface area contributed by atoms with Crippen LogP contribution >= 0.6 is 0 Å². The SMILES string of the molecule is NC1NC(=O)C2NCN(c3ccccc3C3c4cc5c(c(O)c4OC4OC(COCC3CCCO)C(O)C(O)C4O)C(=O)c3ccccc3C5=O)C2N1. The molecule has 0 spiro atoms. The molecular weight excluding hydrogens is 690 g/mol. The maximum absolute atomic E-state index is 14.2. The highest BCUT2D eigenvalue weighted by molar-refractivity contribution is 6.29. The van der Waals surface area contributed by atoms with E-state index in [1.807, 2.05) is 29.2 Å². The number of aromatic hydroxyl groups is 1. The maximum atomic E-state index is 14.2. The molecule has 2 bridgehead atoms. The number of nitrogens with zero attached hydrogens (tertiary/aromatic N) is 1. The first-order valence-corrected chi connectivity index (χ1v) is 17.6. The summed E-state index contributed by atoms with van der Waals surface area (Å²) < 4.78 is 18.4. The van der Waals surface area contributed by atoms with E-state index in [0.717, 1.165) is 0 Å². The molecule has 4 heterocycles. The number of rotatable bonds is 5. The molecule has 0 aromatic heterocycles. The molecule has 1 amide bonds. The van der Waals surface area contributed by atoms with Gasteiger partial charge in [-0.05, 0) is 36.5 Å². The first kappa shape index (κ1) is 35.5. The third kappa shape index (κ3) is 5.96. The number of carbonyl (C=O) groups is 3. The summed E-state index contributed by atoms with van der Waals surface area (Å²) in [6, 6.07) is 14.5. The standard InChI is InChI=1S/C37H41N5O11/c38-37-40-34-26(35(50)41-37)39-15-42(34)22-10-4-3-9-19(22)24-16(6-5-11-43)13-51-14-23-29(46)31(48)32(49)36(52-23)53-33-21(24)12-20-25(30(33)47)28(45)18-8-2-1-7-17(18)27(20)44/h1-4,7-10,12,16,23-24,26,29,31-32,34,36-37,39-40,43,46-49H,5-6,11,13-15,38H2,(H,41,50). The summed E-state index contributed by atoms with van der Waals surface area (Å²) in [6.45, 7) is -0.116. The molecule has 3 aromatic carbocycles. The second kappa shape index (κ2) is 14.1. The van der Waals surface area contributed by atoms with Crippen LogP contribution in [0.1, 0.15) is 61.7 Å². The van der Waals surface area contributed by atoms with Gasteiger partial charge in [0.2, 0.25) is 12.2 Å². The minimum Gasteiger partial charge on any atom is -0.504 e. The number of anilines is 1. The predicted octanol–water partition coefficient (Wildman–Crippen LogP) is -1.07. The quantitative estimate of drug-likeness (QED) is 0.119. The number of hydrogen-bond donors (Lipinski definition) is 9. The van der Waals surface area contributed by atoms with Crippen molar-refractivity contribution in [2.75, 3.05) is 31.4 Å². The first-order chi connectivity index (χ1) is 25.6. The Morgan fingerprint density at radius 2 is 1.62 bits per heavy atom. The highest BCUT2D eigenvalue weighted by Crippen LogP contribution is 2.51. The third-order valence-electron chi connectivity index (χ3n) is 10.9. The van der Waals surface area contributed by atoms with Gasteiger partial charge in [-0.2, -0.15) is 0 Å². The number of nitrogens with one attached hydrogen (secondary N) is 3.